The Hall–Kier alpha value is -2.70. The SMILES string of the molecule is CC1CC(C(=O)O)CN(C(=O)c2ccnc(-n3cccn3)c2)C1. The number of carbonyl (C=O) groups is 2. The molecule has 1 aliphatic heterocycles. The van der Waals surface area contributed by atoms with E-state index in [1.54, 1.807) is 46.4 Å². The number of likely N-dealkylation sites (tertiary alicyclic amines) is 1. The van der Waals surface area contributed by atoms with Gasteiger partial charge in [-0.1, -0.05) is 6.92 Å². The molecule has 0 spiro atoms. The summed E-state index contributed by atoms with van der Waals surface area (Å²) in [6.07, 6.45) is 5.56. The number of aromatic nitrogens is 3. The van der Waals surface area contributed by atoms with Crippen molar-refractivity contribution in [3.63, 3.8) is 0 Å². The highest BCUT2D eigenvalue weighted by molar-refractivity contribution is 5.95. The molecule has 2 atom stereocenters. The lowest BCUT2D eigenvalue weighted by Gasteiger charge is -2.34. The Morgan fingerprint density at radius 3 is 2.83 bits per heavy atom. The van der Waals surface area contributed by atoms with E-state index in [0.717, 1.165) is 0 Å². The maximum Gasteiger partial charge on any atom is 0.308 e. The fraction of sp³-hybridized carbons (Fsp3) is 0.375. The average molecular weight is 314 g/mol. The molecule has 7 heteroatoms. The predicted molar refractivity (Wildman–Crippen MR) is 82.2 cm³/mol. The van der Waals surface area contributed by atoms with Gasteiger partial charge in [-0.2, -0.15) is 5.10 Å². The zero-order valence-corrected chi connectivity index (χ0v) is 12.8. The zero-order chi connectivity index (χ0) is 16.4. The van der Waals surface area contributed by atoms with Crippen LogP contribution in [-0.2, 0) is 4.79 Å². The van der Waals surface area contributed by atoms with Crippen LogP contribution in [-0.4, -0.2) is 49.7 Å². The van der Waals surface area contributed by atoms with E-state index in [9.17, 15) is 14.7 Å². The number of amides is 1. The monoisotopic (exact) mass is 314 g/mol. The van der Waals surface area contributed by atoms with Crippen molar-refractivity contribution in [1.82, 2.24) is 19.7 Å². The number of carboxylic acids is 1. The van der Waals surface area contributed by atoms with Crippen molar-refractivity contribution in [3.8, 4) is 5.82 Å². The van der Waals surface area contributed by atoms with Crippen LogP contribution in [0.25, 0.3) is 5.82 Å². The van der Waals surface area contributed by atoms with Crippen molar-refractivity contribution in [2.45, 2.75) is 13.3 Å². The largest absolute Gasteiger partial charge is 0.481 e. The average Bonchev–Trinajstić information content (AvgIpc) is 3.08. The molecule has 3 heterocycles. The molecule has 3 rings (SSSR count). The first-order valence-electron chi connectivity index (χ1n) is 7.52. The number of aliphatic carboxylic acids is 1. The van der Waals surface area contributed by atoms with Crippen LogP contribution in [0.5, 0.6) is 0 Å². The van der Waals surface area contributed by atoms with Crippen LogP contribution < -0.4 is 0 Å². The molecule has 1 saturated heterocycles. The standard InChI is InChI=1S/C16H18N4O3/c1-11-7-13(16(22)23)10-19(9-11)15(21)12-3-5-17-14(8-12)20-6-2-4-18-20/h2-6,8,11,13H,7,9-10H2,1H3,(H,22,23). The van der Waals surface area contributed by atoms with Gasteiger partial charge in [0.2, 0.25) is 0 Å². The van der Waals surface area contributed by atoms with E-state index in [1.165, 1.54) is 0 Å². The topological polar surface area (TPSA) is 88.3 Å². The normalized spacial score (nSPS) is 21.2. The fourth-order valence-corrected chi connectivity index (χ4v) is 2.96. The van der Waals surface area contributed by atoms with Crippen LogP contribution in [0.3, 0.4) is 0 Å². The number of carbonyl (C=O) groups excluding carboxylic acids is 1. The van der Waals surface area contributed by atoms with Gasteiger partial charge in [0.1, 0.15) is 0 Å². The third-order valence-electron chi connectivity index (χ3n) is 4.03. The number of hydrogen-bond donors (Lipinski definition) is 1. The molecule has 0 aliphatic carbocycles. The summed E-state index contributed by atoms with van der Waals surface area (Å²) < 4.78 is 1.58. The van der Waals surface area contributed by atoms with Gasteiger partial charge in [0.25, 0.3) is 5.91 Å². The van der Waals surface area contributed by atoms with E-state index in [2.05, 4.69) is 10.1 Å². The Balaban J connectivity index is 1.82. The third kappa shape index (κ3) is 3.23. The third-order valence-corrected chi connectivity index (χ3v) is 4.03. The molecule has 0 saturated carbocycles. The van der Waals surface area contributed by atoms with Crippen molar-refractivity contribution in [1.29, 1.82) is 0 Å². The number of rotatable bonds is 3. The molecule has 0 bridgehead atoms. The molecule has 0 radical (unpaired) electrons. The molecule has 2 aromatic heterocycles. The van der Waals surface area contributed by atoms with E-state index in [0.29, 0.717) is 24.3 Å². The maximum absolute atomic E-state index is 12.7. The number of piperidine rings is 1. The molecule has 2 unspecified atom stereocenters. The Morgan fingerprint density at radius 1 is 1.30 bits per heavy atom. The van der Waals surface area contributed by atoms with Gasteiger partial charge in [0.15, 0.2) is 5.82 Å². The van der Waals surface area contributed by atoms with Gasteiger partial charge in [-0.15, -0.1) is 0 Å². The summed E-state index contributed by atoms with van der Waals surface area (Å²) in [4.78, 5) is 29.8. The number of pyridine rings is 1. The zero-order valence-electron chi connectivity index (χ0n) is 12.8. The van der Waals surface area contributed by atoms with Crippen LogP contribution in [0.15, 0.2) is 36.8 Å². The van der Waals surface area contributed by atoms with Gasteiger partial charge in [0.05, 0.1) is 5.92 Å². The summed E-state index contributed by atoms with van der Waals surface area (Å²) in [5, 5.41) is 13.3. The van der Waals surface area contributed by atoms with Gasteiger partial charge in [0, 0.05) is 37.2 Å². The molecule has 1 amide bonds. The van der Waals surface area contributed by atoms with E-state index >= 15 is 0 Å². The Morgan fingerprint density at radius 2 is 2.13 bits per heavy atom. The molecular formula is C16H18N4O3. The van der Waals surface area contributed by atoms with Gasteiger partial charge in [-0.25, -0.2) is 9.67 Å². The highest BCUT2D eigenvalue weighted by atomic mass is 16.4. The quantitative estimate of drug-likeness (QED) is 0.926. The molecule has 7 nitrogen and oxygen atoms in total. The van der Waals surface area contributed by atoms with Crippen LogP contribution in [0.1, 0.15) is 23.7 Å². The Labute approximate surface area is 133 Å². The summed E-state index contributed by atoms with van der Waals surface area (Å²) in [6.45, 7) is 2.79. The molecule has 1 fully saturated rings. The van der Waals surface area contributed by atoms with Crippen LogP contribution in [0.4, 0.5) is 0 Å². The highest BCUT2D eigenvalue weighted by Gasteiger charge is 2.32. The van der Waals surface area contributed by atoms with Gasteiger partial charge in [-0.05, 0) is 30.5 Å². The minimum Gasteiger partial charge on any atom is -0.481 e. The lowest BCUT2D eigenvalue weighted by atomic mass is 9.90. The number of hydrogen-bond acceptors (Lipinski definition) is 4. The van der Waals surface area contributed by atoms with E-state index in [-0.39, 0.29) is 18.4 Å². The Bertz CT molecular complexity index is 714. The van der Waals surface area contributed by atoms with Crippen molar-refractivity contribution in [2.75, 3.05) is 13.1 Å². The van der Waals surface area contributed by atoms with Crippen molar-refractivity contribution in [2.24, 2.45) is 11.8 Å². The second-order valence-corrected chi connectivity index (χ2v) is 5.94. The second-order valence-electron chi connectivity index (χ2n) is 5.94. The molecular weight excluding hydrogens is 296 g/mol. The summed E-state index contributed by atoms with van der Waals surface area (Å²) in [5.74, 6) is -0.794. The molecule has 2 aromatic rings. The predicted octanol–water partition coefficient (Wildman–Crippen LogP) is 1.45. The fourth-order valence-electron chi connectivity index (χ4n) is 2.96. The van der Waals surface area contributed by atoms with Crippen LogP contribution >= 0.6 is 0 Å². The molecule has 1 N–H and O–H groups in total. The van der Waals surface area contributed by atoms with Gasteiger partial charge >= 0.3 is 5.97 Å². The lowest BCUT2D eigenvalue weighted by Crippen LogP contribution is -2.45. The van der Waals surface area contributed by atoms with Gasteiger partial charge in [-0.3, -0.25) is 9.59 Å². The lowest BCUT2D eigenvalue weighted by molar-refractivity contribution is -0.143. The highest BCUT2D eigenvalue weighted by Crippen LogP contribution is 2.23. The summed E-state index contributed by atoms with van der Waals surface area (Å²) in [5.41, 5.74) is 0.490. The minimum atomic E-state index is -0.846. The molecule has 1 aliphatic rings. The van der Waals surface area contributed by atoms with Crippen molar-refractivity contribution in [3.05, 3.63) is 42.4 Å². The number of nitrogens with zero attached hydrogens (tertiary/aromatic N) is 4. The maximum atomic E-state index is 12.7. The number of carboxylic acid groups (broad SMARTS) is 1. The van der Waals surface area contributed by atoms with E-state index < -0.39 is 11.9 Å². The van der Waals surface area contributed by atoms with Gasteiger partial charge < -0.3 is 10.0 Å². The Kier molecular flexibility index (Phi) is 4.10. The molecule has 23 heavy (non-hydrogen) atoms. The minimum absolute atomic E-state index is 0.168. The summed E-state index contributed by atoms with van der Waals surface area (Å²) in [7, 11) is 0. The summed E-state index contributed by atoms with van der Waals surface area (Å²) >= 11 is 0. The van der Waals surface area contributed by atoms with E-state index in [1.807, 2.05) is 6.92 Å². The first-order valence-corrected chi connectivity index (χ1v) is 7.52. The first kappa shape index (κ1) is 15.2. The van der Waals surface area contributed by atoms with Crippen molar-refractivity contribution < 1.29 is 14.7 Å². The molecule has 120 valence electrons. The second kappa shape index (κ2) is 6.20. The van der Waals surface area contributed by atoms with Crippen LogP contribution in [0, 0.1) is 11.8 Å². The van der Waals surface area contributed by atoms with E-state index in [4.69, 9.17) is 0 Å². The first-order chi connectivity index (χ1) is 11.0. The van der Waals surface area contributed by atoms with Crippen molar-refractivity contribution >= 4 is 11.9 Å². The summed E-state index contributed by atoms with van der Waals surface area (Å²) in [6, 6.07) is 5.09. The molecule has 0 aromatic carbocycles. The smallest absolute Gasteiger partial charge is 0.308 e. The van der Waals surface area contributed by atoms with Crippen LogP contribution in [0.2, 0.25) is 0 Å².